The predicted molar refractivity (Wildman–Crippen MR) is 58.5 cm³/mol. The van der Waals surface area contributed by atoms with E-state index in [-0.39, 0.29) is 0 Å². The SMILES string of the molecule is CC(C)(O)c1ccc2c(c1)NCCC2. The van der Waals surface area contributed by atoms with Crippen LogP contribution in [0.4, 0.5) is 5.69 Å². The minimum Gasteiger partial charge on any atom is -0.386 e. The van der Waals surface area contributed by atoms with Crippen LogP contribution >= 0.6 is 0 Å². The van der Waals surface area contributed by atoms with Crippen LogP contribution in [-0.4, -0.2) is 11.7 Å². The van der Waals surface area contributed by atoms with Crippen LogP contribution in [0, 0.1) is 0 Å². The highest BCUT2D eigenvalue weighted by molar-refractivity contribution is 5.55. The van der Waals surface area contributed by atoms with Crippen molar-refractivity contribution in [3.63, 3.8) is 0 Å². The summed E-state index contributed by atoms with van der Waals surface area (Å²) in [5, 5.41) is 13.2. The first-order valence-electron chi connectivity index (χ1n) is 5.17. The van der Waals surface area contributed by atoms with Crippen LogP contribution in [0.25, 0.3) is 0 Å². The molecule has 0 unspecified atom stereocenters. The molecule has 1 aromatic rings. The van der Waals surface area contributed by atoms with Crippen LogP contribution in [0.5, 0.6) is 0 Å². The van der Waals surface area contributed by atoms with E-state index in [0.29, 0.717) is 0 Å². The van der Waals surface area contributed by atoms with Crippen molar-refractivity contribution in [2.75, 3.05) is 11.9 Å². The lowest BCUT2D eigenvalue weighted by Gasteiger charge is -2.23. The molecular formula is C12H17NO. The predicted octanol–water partition coefficient (Wildman–Crippen LogP) is 2.27. The van der Waals surface area contributed by atoms with Gasteiger partial charge < -0.3 is 10.4 Å². The van der Waals surface area contributed by atoms with Crippen LogP contribution in [0.3, 0.4) is 0 Å². The van der Waals surface area contributed by atoms with Gasteiger partial charge in [0.25, 0.3) is 0 Å². The van der Waals surface area contributed by atoms with Crippen molar-refractivity contribution in [2.45, 2.75) is 32.3 Å². The molecule has 1 aliphatic heterocycles. The fourth-order valence-electron chi connectivity index (χ4n) is 1.84. The first-order chi connectivity index (χ1) is 6.57. The van der Waals surface area contributed by atoms with E-state index >= 15 is 0 Å². The van der Waals surface area contributed by atoms with Gasteiger partial charge >= 0.3 is 0 Å². The molecule has 2 rings (SSSR count). The van der Waals surface area contributed by atoms with Crippen molar-refractivity contribution < 1.29 is 5.11 Å². The second kappa shape index (κ2) is 3.28. The van der Waals surface area contributed by atoms with Crippen molar-refractivity contribution in [1.29, 1.82) is 0 Å². The van der Waals surface area contributed by atoms with Gasteiger partial charge in [-0.05, 0) is 43.9 Å². The topological polar surface area (TPSA) is 32.3 Å². The molecule has 14 heavy (non-hydrogen) atoms. The van der Waals surface area contributed by atoms with Gasteiger partial charge in [0.2, 0.25) is 0 Å². The van der Waals surface area contributed by atoms with Gasteiger partial charge in [0, 0.05) is 12.2 Å². The van der Waals surface area contributed by atoms with Gasteiger partial charge in [-0.1, -0.05) is 12.1 Å². The third-order valence-corrected chi connectivity index (χ3v) is 2.75. The van der Waals surface area contributed by atoms with Crippen LogP contribution in [0.15, 0.2) is 18.2 Å². The van der Waals surface area contributed by atoms with E-state index in [0.717, 1.165) is 18.5 Å². The van der Waals surface area contributed by atoms with E-state index in [1.54, 1.807) is 0 Å². The molecule has 0 saturated heterocycles. The lowest BCUT2D eigenvalue weighted by molar-refractivity contribution is 0.0786. The molecule has 0 radical (unpaired) electrons. The number of aliphatic hydroxyl groups is 1. The fraction of sp³-hybridized carbons (Fsp3) is 0.500. The third-order valence-electron chi connectivity index (χ3n) is 2.75. The Morgan fingerprint density at radius 3 is 2.86 bits per heavy atom. The summed E-state index contributed by atoms with van der Waals surface area (Å²) >= 11 is 0. The van der Waals surface area contributed by atoms with Crippen molar-refractivity contribution in [2.24, 2.45) is 0 Å². The minimum absolute atomic E-state index is 0.742. The molecule has 0 amide bonds. The van der Waals surface area contributed by atoms with Gasteiger partial charge in [0.05, 0.1) is 5.60 Å². The van der Waals surface area contributed by atoms with Crippen LogP contribution in [0.1, 0.15) is 31.4 Å². The molecule has 0 saturated carbocycles. The molecule has 0 bridgehead atoms. The Kier molecular flexibility index (Phi) is 2.23. The van der Waals surface area contributed by atoms with E-state index in [1.165, 1.54) is 17.7 Å². The first kappa shape index (κ1) is 9.53. The van der Waals surface area contributed by atoms with Gasteiger partial charge in [0.1, 0.15) is 0 Å². The zero-order valence-electron chi connectivity index (χ0n) is 8.80. The van der Waals surface area contributed by atoms with Crippen LogP contribution < -0.4 is 5.32 Å². The molecule has 1 heterocycles. The summed E-state index contributed by atoms with van der Waals surface area (Å²) in [6.45, 7) is 4.68. The second-order valence-electron chi connectivity index (χ2n) is 4.46. The number of nitrogens with one attached hydrogen (secondary N) is 1. The van der Waals surface area contributed by atoms with E-state index in [4.69, 9.17) is 0 Å². The van der Waals surface area contributed by atoms with E-state index in [9.17, 15) is 5.11 Å². The fourth-order valence-corrected chi connectivity index (χ4v) is 1.84. The lowest BCUT2D eigenvalue weighted by atomic mass is 9.94. The summed E-state index contributed by atoms with van der Waals surface area (Å²) in [5.74, 6) is 0. The largest absolute Gasteiger partial charge is 0.386 e. The standard InChI is InChI=1S/C12H17NO/c1-12(2,14)10-6-5-9-4-3-7-13-11(9)8-10/h5-6,8,13-14H,3-4,7H2,1-2H3. The minimum atomic E-state index is -0.742. The van der Waals surface area contributed by atoms with Crippen molar-refractivity contribution in [1.82, 2.24) is 0 Å². The van der Waals surface area contributed by atoms with Gasteiger partial charge in [0.15, 0.2) is 0 Å². The maximum Gasteiger partial charge on any atom is 0.0841 e. The normalized spacial score (nSPS) is 15.9. The van der Waals surface area contributed by atoms with E-state index in [2.05, 4.69) is 17.4 Å². The lowest BCUT2D eigenvalue weighted by Crippen LogP contribution is -2.18. The third kappa shape index (κ3) is 1.75. The summed E-state index contributed by atoms with van der Waals surface area (Å²) in [7, 11) is 0. The average Bonchev–Trinajstić information content (AvgIpc) is 2.16. The Balaban J connectivity index is 2.39. The summed E-state index contributed by atoms with van der Waals surface area (Å²) in [6, 6.07) is 6.20. The summed E-state index contributed by atoms with van der Waals surface area (Å²) in [5.41, 5.74) is 2.79. The maximum atomic E-state index is 9.86. The Labute approximate surface area is 85.0 Å². The molecule has 76 valence electrons. The molecule has 1 aromatic carbocycles. The summed E-state index contributed by atoms with van der Waals surface area (Å²) in [4.78, 5) is 0. The summed E-state index contributed by atoms with van der Waals surface area (Å²) < 4.78 is 0. The van der Waals surface area contributed by atoms with Crippen LogP contribution in [0.2, 0.25) is 0 Å². The number of benzene rings is 1. The maximum absolute atomic E-state index is 9.86. The molecule has 0 spiro atoms. The zero-order chi connectivity index (χ0) is 10.2. The van der Waals surface area contributed by atoms with Gasteiger partial charge in [-0.3, -0.25) is 0 Å². The van der Waals surface area contributed by atoms with E-state index in [1.807, 2.05) is 19.9 Å². The Morgan fingerprint density at radius 2 is 2.14 bits per heavy atom. The first-order valence-corrected chi connectivity index (χ1v) is 5.17. The van der Waals surface area contributed by atoms with Gasteiger partial charge in [-0.2, -0.15) is 0 Å². The summed E-state index contributed by atoms with van der Waals surface area (Å²) in [6.07, 6.45) is 2.35. The number of aryl methyl sites for hydroxylation is 1. The number of anilines is 1. The molecule has 2 heteroatoms. The molecule has 0 fully saturated rings. The van der Waals surface area contributed by atoms with Gasteiger partial charge in [-0.25, -0.2) is 0 Å². The Hall–Kier alpha value is -1.02. The Morgan fingerprint density at radius 1 is 1.36 bits per heavy atom. The number of rotatable bonds is 1. The molecule has 2 N–H and O–H groups in total. The van der Waals surface area contributed by atoms with Crippen molar-refractivity contribution in [3.05, 3.63) is 29.3 Å². The average molecular weight is 191 g/mol. The number of fused-ring (bicyclic) bond motifs is 1. The second-order valence-corrected chi connectivity index (χ2v) is 4.46. The highest BCUT2D eigenvalue weighted by Crippen LogP contribution is 2.28. The monoisotopic (exact) mass is 191 g/mol. The van der Waals surface area contributed by atoms with Crippen LogP contribution in [-0.2, 0) is 12.0 Å². The van der Waals surface area contributed by atoms with Gasteiger partial charge in [-0.15, -0.1) is 0 Å². The molecule has 0 aliphatic carbocycles. The van der Waals surface area contributed by atoms with Crippen molar-refractivity contribution >= 4 is 5.69 Å². The Bertz CT molecular complexity index is 339. The van der Waals surface area contributed by atoms with Crippen molar-refractivity contribution in [3.8, 4) is 0 Å². The highest BCUT2D eigenvalue weighted by atomic mass is 16.3. The molecule has 1 aliphatic rings. The molecular weight excluding hydrogens is 174 g/mol. The molecule has 2 nitrogen and oxygen atoms in total. The number of hydrogen-bond acceptors (Lipinski definition) is 2. The highest BCUT2D eigenvalue weighted by Gasteiger charge is 2.18. The quantitative estimate of drug-likeness (QED) is 0.713. The van der Waals surface area contributed by atoms with E-state index < -0.39 is 5.60 Å². The molecule has 0 aromatic heterocycles. The smallest absolute Gasteiger partial charge is 0.0841 e. The number of hydrogen-bond donors (Lipinski definition) is 2. The zero-order valence-corrected chi connectivity index (χ0v) is 8.80. The molecule has 0 atom stereocenters.